The highest BCUT2D eigenvalue weighted by molar-refractivity contribution is 9.10. The topological polar surface area (TPSA) is 38.0 Å². The molecule has 3 N–H and O–H groups in total. The van der Waals surface area contributed by atoms with E-state index in [0.717, 1.165) is 28.8 Å². The summed E-state index contributed by atoms with van der Waals surface area (Å²) in [5, 5.41) is 5.53. The first kappa shape index (κ1) is 12.6. The molecule has 0 aliphatic rings. The molecule has 2 rings (SSSR count). The minimum absolute atomic E-state index is 0.857. The summed E-state index contributed by atoms with van der Waals surface area (Å²) in [6, 6.07) is 8.31. The number of rotatable bonds is 4. The van der Waals surface area contributed by atoms with Gasteiger partial charge in [-0.3, -0.25) is 0 Å². The van der Waals surface area contributed by atoms with Crippen LogP contribution in [0.4, 0.5) is 5.69 Å². The van der Waals surface area contributed by atoms with E-state index in [2.05, 4.69) is 44.8 Å². The van der Waals surface area contributed by atoms with Gasteiger partial charge in [-0.15, -0.1) is 11.3 Å². The van der Waals surface area contributed by atoms with E-state index in [4.69, 9.17) is 5.73 Å². The normalized spacial score (nSPS) is 10.7. The Morgan fingerprint density at radius 3 is 2.76 bits per heavy atom. The standard InChI is InChI=1S/C13H15BrN2S/c1-9-4-10(2-3-13(9)15)6-16-7-12-5-11(14)8-17-12/h2-5,8,16H,6-7,15H2,1H3. The molecule has 1 heterocycles. The van der Waals surface area contributed by atoms with Gasteiger partial charge in [0.2, 0.25) is 0 Å². The Kier molecular flexibility index (Phi) is 4.20. The van der Waals surface area contributed by atoms with Gasteiger partial charge in [-0.1, -0.05) is 12.1 Å². The van der Waals surface area contributed by atoms with Crippen LogP contribution in [-0.2, 0) is 13.1 Å². The van der Waals surface area contributed by atoms with Crippen LogP contribution in [0.25, 0.3) is 0 Å². The molecule has 0 aliphatic carbocycles. The monoisotopic (exact) mass is 310 g/mol. The Morgan fingerprint density at radius 2 is 2.12 bits per heavy atom. The molecule has 0 bridgehead atoms. The van der Waals surface area contributed by atoms with Crippen molar-refractivity contribution in [3.05, 3.63) is 50.1 Å². The molecule has 0 unspecified atom stereocenters. The predicted octanol–water partition coefficient (Wildman–Crippen LogP) is 3.69. The lowest BCUT2D eigenvalue weighted by Gasteiger charge is -2.06. The number of thiophene rings is 1. The summed E-state index contributed by atoms with van der Waals surface area (Å²) in [5.74, 6) is 0. The molecule has 0 saturated carbocycles. The number of hydrogen-bond donors (Lipinski definition) is 2. The van der Waals surface area contributed by atoms with E-state index in [1.807, 2.05) is 13.0 Å². The fourth-order valence-electron chi connectivity index (χ4n) is 1.62. The molecule has 0 radical (unpaired) electrons. The maximum Gasteiger partial charge on any atom is 0.0343 e. The molecule has 0 fully saturated rings. The van der Waals surface area contributed by atoms with Crippen LogP contribution >= 0.6 is 27.3 Å². The molecule has 0 aliphatic heterocycles. The van der Waals surface area contributed by atoms with Gasteiger partial charge in [-0.25, -0.2) is 0 Å². The number of halogens is 1. The van der Waals surface area contributed by atoms with Crippen molar-refractivity contribution < 1.29 is 0 Å². The van der Waals surface area contributed by atoms with Crippen molar-refractivity contribution >= 4 is 33.0 Å². The highest BCUT2D eigenvalue weighted by atomic mass is 79.9. The molecular weight excluding hydrogens is 296 g/mol. The van der Waals surface area contributed by atoms with Crippen LogP contribution < -0.4 is 11.1 Å². The summed E-state index contributed by atoms with van der Waals surface area (Å²) < 4.78 is 1.16. The third-order valence-electron chi connectivity index (χ3n) is 2.58. The van der Waals surface area contributed by atoms with Gasteiger partial charge >= 0.3 is 0 Å². The number of benzene rings is 1. The Bertz CT molecular complexity index is 508. The average Bonchev–Trinajstić information content (AvgIpc) is 2.70. The number of nitrogens with two attached hydrogens (primary N) is 1. The van der Waals surface area contributed by atoms with Crippen LogP contribution in [0.2, 0.25) is 0 Å². The second kappa shape index (κ2) is 5.67. The zero-order chi connectivity index (χ0) is 12.3. The first-order valence-electron chi connectivity index (χ1n) is 5.44. The van der Waals surface area contributed by atoms with Crippen molar-refractivity contribution in [3.63, 3.8) is 0 Å². The average molecular weight is 311 g/mol. The first-order chi connectivity index (χ1) is 8.15. The molecular formula is C13H15BrN2S. The largest absolute Gasteiger partial charge is 0.399 e. The highest BCUT2D eigenvalue weighted by Crippen LogP contribution is 2.19. The SMILES string of the molecule is Cc1cc(CNCc2cc(Br)cs2)ccc1N. The second-order valence-electron chi connectivity index (χ2n) is 4.03. The van der Waals surface area contributed by atoms with Crippen LogP contribution in [0.3, 0.4) is 0 Å². The van der Waals surface area contributed by atoms with Crippen LogP contribution in [0, 0.1) is 6.92 Å². The highest BCUT2D eigenvalue weighted by Gasteiger charge is 1.99. The zero-order valence-corrected chi connectivity index (χ0v) is 12.1. The van der Waals surface area contributed by atoms with Gasteiger partial charge in [0.15, 0.2) is 0 Å². The lowest BCUT2D eigenvalue weighted by molar-refractivity contribution is 0.700. The Morgan fingerprint density at radius 1 is 1.29 bits per heavy atom. The van der Waals surface area contributed by atoms with E-state index in [0.29, 0.717) is 0 Å². The summed E-state index contributed by atoms with van der Waals surface area (Å²) in [7, 11) is 0. The van der Waals surface area contributed by atoms with Gasteiger partial charge in [-0.05, 0) is 46.1 Å². The molecule has 0 spiro atoms. The van der Waals surface area contributed by atoms with Crippen molar-refractivity contribution in [2.45, 2.75) is 20.0 Å². The molecule has 0 atom stereocenters. The minimum atomic E-state index is 0.857. The first-order valence-corrected chi connectivity index (χ1v) is 7.11. The number of aryl methyl sites for hydroxylation is 1. The summed E-state index contributed by atoms with van der Waals surface area (Å²) in [6.07, 6.45) is 0. The molecule has 1 aromatic heterocycles. The van der Waals surface area contributed by atoms with Crippen molar-refractivity contribution in [2.24, 2.45) is 0 Å². The lowest BCUT2D eigenvalue weighted by Crippen LogP contribution is -2.11. The van der Waals surface area contributed by atoms with Crippen LogP contribution in [0.5, 0.6) is 0 Å². The van der Waals surface area contributed by atoms with E-state index in [9.17, 15) is 0 Å². The van der Waals surface area contributed by atoms with E-state index < -0.39 is 0 Å². The van der Waals surface area contributed by atoms with Crippen LogP contribution in [-0.4, -0.2) is 0 Å². The van der Waals surface area contributed by atoms with Gasteiger partial charge in [-0.2, -0.15) is 0 Å². The Labute approximate surface area is 114 Å². The number of hydrogen-bond acceptors (Lipinski definition) is 3. The zero-order valence-electron chi connectivity index (χ0n) is 9.66. The molecule has 2 aromatic rings. The van der Waals surface area contributed by atoms with E-state index in [-0.39, 0.29) is 0 Å². The van der Waals surface area contributed by atoms with Crippen molar-refractivity contribution in [1.82, 2.24) is 5.32 Å². The fourth-order valence-corrected chi connectivity index (χ4v) is 3.04. The molecule has 0 amide bonds. The summed E-state index contributed by atoms with van der Waals surface area (Å²) in [5.41, 5.74) is 9.06. The minimum Gasteiger partial charge on any atom is -0.399 e. The third-order valence-corrected chi connectivity index (χ3v) is 4.28. The molecule has 0 saturated heterocycles. The number of nitrogen functional groups attached to an aromatic ring is 1. The molecule has 4 heteroatoms. The number of anilines is 1. The second-order valence-corrected chi connectivity index (χ2v) is 5.94. The summed E-state index contributed by atoms with van der Waals surface area (Å²) >= 11 is 5.22. The van der Waals surface area contributed by atoms with Gasteiger partial charge in [0.05, 0.1) is 0 Å². The number of nitrogens with one attached hydrogen (secondary N) is 1. The van der Waals surface area contributed by atoms with E-state index in [1.165, 1.54) is 10.4 Å². The quantitative estimate of drug-likeness (QED) is 0.845. The van der Waals surface area contributed by atoms with Crippen molar-refractivity contribution in [3.8, 4) is 0 Å². The van der Waals surface area contributed by atoms with Crippen molar-refractivity contribution in [2.75, 3.05) is 5.73 Å². The Balaban J connectivity index is 1.87. The molecule has 90 valence electrons. The van der Waals surface area contributed by atoms with E-state index >= 15 is 0 Å². The summed E-state index contributed by atoms with van der Waals surface area (Å²) in [6.45, 7) is 3.81. The maximum atomic E-state index is 5.79. The predicted molar refractivity (Wildman–Crippen MR) is 78.2 cm³/mol. The van der Waals surface area contributed by atoms with Gasteiger partial charge < -0.3 is 11.1 Å². The van der Waals surface area contributed by atoms with E-state index in [1.54, 1.807) is 11.3 Å². The smallest absolute Gasteiger partial charge is 0.0343 e. The molecule has 17 heavy (non-hydrogen) atoms. The van der Waals surface area contributed by atoms with Gasteiger partial charge in [0.25, 0.3) is 0 Å². The lowest BCUT2D eigenvalue weighted by atomic mass is 10.1. The van der Waals surface area contributed by atoms with Crippen LogP contribution in [0.15, 0.2) is 34.1 Å². The van der Waals surface area contributed by atoms with Gasteiger partial charge in [0.1, 0.15) is 0 Å². The third kappa shape index (κ3) is 3.56. The van der Waals surface area contributed by atoms with Crippen molar-refractivity contribution in [1.29, 1.82) is 0 Å². The Hall–Kier alpha value is -0.840. The summed E-state index contributed by atoms with van der Waals surface area (Å²) in [4.78, 5) is 1.34. The molecule has 2 nitrogen and oxygen atoms in total. The maximum absolute atomic E-state index is 5.79. The van der Waals surface area contributed by atoms with Gasteiger partial charge in [0, 0.05) is 33.5 Å². The van der Waals surface area contributed by atoms with Crippen LogP contribution in [0.1, 0.15) is 16.0 Å². The fraction of sp³-hybridized carbons (Fsp3) is 0.231. The molecule has 1 aromatic carbocycles.